The van der Waals surface area contributed by atoms with E-state index in [2.05, 4.69) is 15.4 Å². The van der Waals surface area contributed by atoms with Gasteiger partial charge < -0.3 is 15.4 Å². The van der Waals surface area contributed by atoms with Crippen molar-refractivity contribution in [1.82, 2.24) is 0 Å². The summed E-state index contributed by atoms with van der Waals surface area (Å²) in [5.74, 6) is -0.750. The predicted octanol–water partition coefficient (Wildman–Crippen LogP) is 3.98. The van der Waals surface area contributed by atoms with Crippen molar-refractivity contribution in [3.63, 3.8) is 0 Å². The Kier molecular flexibility index (Phi) is 7.31. The number of carbonyl (C=O) groups excluding carboxylic acids is 1. The summed E-state index contributed by atoms with van der Waals surface area (Å²) in [6.45, 7) is 1.59. The van der Waals surface area contributed by atoms with E-state index in [1.165, 1.54) is 37.4 Å². The van der Waals surface area contributed by atoms with E-state index in [4.69, 9.17) is 4.74 Å². The number of carbonyl (C=O) groups is 1. The second kappa shape index (κ2) is 10.2. The number of ether oxygens (including phenoxy) is 1. The van der Waals surface area contributed by atoms with Gasteiger partial charge in [-0.2, -0.15) is 0 Å². The normalized spacial score (nSPS) is 11.9. The minimum absolute atomic E-state index is 0.0852. The molecule has 12 heteroatoms. The number of amides is 1. The number of non-ortho nitro benzene ring substituents is 1. The average molecular weight is 488 g/mol. The molecule has 0 aliphatic rings. The number of hydrogen-bond donors (Lipinski definition) is 3. The van der Waals surface area contributed by atoms with Crippen LogP contribution in [0.5, 0.6) is 5.75 Å². The summed E-state index contributed by atoms with van der Waals surface area (Å²) in [6.07, 6.45) is 0. The Hall–Kier alpha value is -4.19. The van der Waals surface area contributed by atoms with Crippen molar-refractivity contribution in [2.45, 2.75) is 17.9 Å². The highest BCUT2D eigenvalue weighted by atomic mass is 32.2. The van der Waals surface area contributed by atoms with Gasteiger partial charge in [0.05, 0.1) is 22.6 Å². The number of rotatable bonds is 9. The molecular weight excluding hydrogens is 467 g/mol. The van der Waals surface area contributed by atoms with Crippen LogP contribution in [0.3, 0.4) is 0 Å². The number of halogens is 1. The summed E-state index contributed by atoms with van der Waals surface area (Å²) in [7, 11) is -2.51. The Labute approximate surface area is 195 Å². The largest absolute Gasteiger partial charge is 0.495 e. The maximum atomic E-state index is 13.0. The fourth-order valence-electron chi connectivity index (χ4n) is 2.93. The molecule has 3 N–H and O–H groups in total. The van der Waals surface area contributed by atoms with Crippen LogP contribution in [0.15, 0.2) is 71.6 Å². The van der Waals surface area contributed by atoms with Gasteiger partial charge in [0.2, 0.25) is 5.91 Å². The van der Waals surface area contributed by atoms with Crippen molar-refractivity contribution in [2.75, 3.05) is 22.5 Å². The summed E-state index contributed by atoms with van der Waals surface area (Å²) in [6, 6.07) is 13.7. The molecule has 34 heavy (non-hydrogen) atoms. The van der Waals surface area contributed by atoms with Crippen molar-refractivity contribution in [3.05, 3.63) is 82.7 Å². The third-order valence-electron chi connectivity index (χ3n) is 4.69. The van der Waals surface area contributed by atoms with E-state index < -0.39 is 32.7 Å². The summed E-state index contributed by atoms with van der Waals surface area (Å²) >= 11 is 0. The van der Waals surface area contributed by atoms with Gasteiger partial charge >= 0.3 is 0 Å². The standard InChI is InChI=1S/C22H21FN4O6S/c1-14(22(28)25-20-13-18(27(29)30)9-12-21(20)33-2)24-16-5-7-17(8-6-16)26-34(31,32)19-10-3-15(23)4-11-19/h3-14,24,26H,1-2H3,(H,25,28). The number of benzene rings is 3. The lowest BCUT2D eigenvalue weighted by atomic mass is 10.2. The molecular formula is C22H21FN4O6S. The van der Waals surface area contributed by atoms with Crippen LogP contribution in [-0.2, 0) is 14.8 Å². The van der Waals surface area contributed by atoms with Crippen LogP contribution in [0.1, 0.15) is 6.92 Å². The van der Waals surface area contributed by atoms with Gasteiger partial charge in [-0.15, -0.1) is 0 Å². The third kappa shape index (κ3) is 5.98. The first-order valence-electron chi connectivity index (χ1n) is 9.87. The van der Waals surface area contributed by atoms with Gasteiger partial charge in [0.1, 0.15) is 17.6 Å². The molecule has 0 saturated carbocycles. The maximum Gasteiger partial charge on any atom is 0.271 e. The Morgan fingerprint density at radius 1 is 1.03 bits per heavy atom. The van der Waals surface area contributed by atoms with Crippen LogP contribution >= 0.6 is 0 Å². The molecule has 3 rings (SSSR count). The van der Waals surface area contributed by atoms with Crippen LogP contribution in [0, 0.1) is 15.9 Å². The first kappa shape index (κ1) is 24.5. The number of anilines is 3. The van der Waals surface area contributed by atoms with E-state index in [-0.39, 0.29) is 27.7 Å². The van der Waals surface area contributed by atoms with Gasteiger partial charge in [0.15, 0.2) is 0 Å². The molecule has 3 aromatic rings. The summed E-state index contributed by atoms with van der Waals surface area (Å²) in [4.78, 5) is 22.9. The summed E-state index contributed by atoms with van der Waals surface area (Å²) in [5, 5.41) is 16.6. The van der Waals surface area contributed by atoms with E-state index in [0.29, 0.717) is 5.69 Å². The molecule has 0 aliphatic carbocycles. The fraction of sp³-hybridized carbons (Fsp3) is 0.136. The fourth-order valence-corrected chi connectivity index (χ4v) is 3.98. The molecule has 1 amide bonds. The van der Waals surface area contributed by atoms with Gasteiger partial charge in [-0.25, -0.2) is 12.8 Å². The minimum Gasteiger partial charge on any atom is -0.495 e. The van der Waals surface area contributed by atoms with Gasteiger partial charge in [-0.1, -0.05) is 0 Å². The first-order valence-corrected chi connectivity index (χ1v) is 11.4. The molecule has 10 nitrogen and oxygen atoms in total. The van der Waals surface area contributed by atoms with Crippen LogP contribution in [-0.4, -0.2) is 32.4 Å². The van der Waals surface area contributed by atoms with Gasteiger partial charge in [-0.05, 0) is 61.5 Å². The molecule has 0 aromatic heterocycles. The summed E-state index contributed by atoms with van der Waals surface area (Å²) in [5.41, 5.74) is 0.753. The lowest BCUT2D eigenvalue weighted by Gasteiger charge is -2.17. The number of nitrogens with one attached hydrogen (secondary N) is 3. The molecule has 178 valence electrons. The smallest absolute Gasteiger partial charge is 0.271 e. The number of methoxy groups -OCH3 is 1. The van der Waals surface area contributed by atoms with Gasteiger partial charge in [0.25, 0.3) is 15.7 Å². The van der Waals surface area contributed by atoms with Crippen LogP contribution < -0.4 is 20.1 Å². The second-order valence-corrected chi connectivity index (χ2v) is 8.82. The van der Waals surface area contributed by atoms with Crippen LogP contribution in [0.4, 0.5) is 27.1 Å². The molecule has 0 heterocycles. The highest BCUT2D eigenvalue weighted by Gasteiger charge is 2.18. The Balaban J connectivity index is 1.65. The molecule has 1 atom stereocenters. The van der Waals surface area contributed by atoms with Gasteiger partial charge in [-0.3, -0.25) is 19.6 Å². The average Bonchev–Trinajstić information content (AvgIpc) is 2.80. The van der Waals surface area contributed by atoms with E-state index in [9.17, 15) is 27.7 Å². The second-order valence-electron chi connectivity index (χ2n) is 7.13. The SMILES string of the molecule is COc1ccc([N+](=O)[O-])cc1NC(=O)C(C)Nc1ccc(NS(=O)(=O)c2ccc(F)cc2)cc1. The number of nitro benzene ring substituents is 1. The zero-order valence-corrected chi connectivity index (χ0v) is 18.9. The zero-order chi connectivity index (χ0) is 24.9. The number of nitrogens with zero attached hydrogens (tertiary/aromatic N) is 1. The maximum absolute atomic E-state index is 13.0. The van der Waals surface area contributed by atoms with E-state index in [1.54, 1.807) is 19.1 Å². The molecule has 3 aromatic carbocycles. The van der Waals surface area contributed by atoms with Gasteiger partial charge in [0, 0.05) is 23.5 Å². The summed E-state index contributed by atoms with van der Waals surface area (Å²) < 4.78 is 45.4. The quantitative estimate of drug-likeness (QED) is 0.306. The minimum atomic E-state index is -3.89. The van der Waals surface area contributed by atoms with Crippen LogP contribution in [0.25, 0.3) is 0 Å². The predicted molar refractivity (Wildman–Crippen MR) is 125 cm³/mol. The zero-order valence-electron chi connectivity index (χ0n) is 18.1. The Morgan fingerprint density at radius 2 is 1.65 bits per heavy atom. The molecule has 0 aliphatic heterocycles. The molecule has 1 unspecified atom stereocenters. The highest BCUT2D eigenvalue weighted by molar-refractivity contribution is 7.92. The Morgan fingerprint density at radius 3 is 2.24 bits per heavy atom. The third-order valence-corrected chi connectivity index (χ3v) is 6.09. The molecule has 0 spiro atoms. The monoisotopic (exact) mass is 488 g/mol. The number of sulfonamides is 1. The molecule has 0 bridgehead atoms. The van der Waals surface area contributed by atoms with Crippen LogP contribution in [0.2, 0.25) is 0 Å². The molecule has 0 saturated heterocycles. The lowest BCUT2D eigenvalue weighted by molar-refractivity contribution is -0.384. The van der Waals surface area contributed by atoms with Crippen molar-refractivity contribution < 1.29 is 27.3 Å². The highest BCUT2D eigenvalue weighted by Crippen LogP contribution is 2.29. The first-order chi connectivity index (χ1) is 16.1. The van der Waals surface area contributed by atoms with Crippen molar-refractivity contribution in [1.29, 1.82) is 0 Å². The lowest BCUT2D eigenvalue weighted by Crippen LogP contribution is -2.32. The molecule has 0 radical (unpaired) electrons. The number of nitro groups is 1. The van der Waals surface area contributed by atoms with E-state index in [0.717, 1.165) is 24.3 Å². The Bertz CT molecular complexity index is 1300. The molecule has 0 fully saturated rings. The topological polar surface area (TPSA) is 140 Å². The van der Waals surface area contributed by atoms with Crippen molar-refractivity contribution in [3.8, 4) is 5.75 Å². The van der Waals surface area contributed by atoms with Crippen molar-refractivity contribution >= 4 is 38.7 Å². The van der Waals surface area contributed by atoms with E-state index >= 15 is 0 Å². The van der Waals surface area contributed by atoms with E-state index in [1.807, 2.05) is 0 Å². The number of hydrogen-bond acceptors (Lipinski definition) is 7. The van der Waals surface area contributed by atoms with Crippen molar-refractivity contribution in [2.24, 2.45) is 0 Å².